The highest BCUT2D eigenvalue weighted by Gasteiger charge is 2.43. The number of alkyl halides is 3. The molecule has 0 unspecified atom stereocenters. The van der Waals surface area contributed by atoms with Crippen molar-refractivity contribution in [2.24, 2.45) is 11.8 Å². The van der Waals surface area contributed by atoms with E-state index in [2.05, 4.69) is 0 Å². The molecular weight excluding hydrogens is 314 g/mol. The van der Waals surface area contributed by atoms with Crippen molar-refractivity contribution in [3.63, 3.8) is 0 Å². The highest BCUT2D eigenvalue weighted by atomic mass is 19.4. The van der Waals surface area contributed by atoms with Crippen molar-refractivity contribution < 1.29 is 27.2 Å². The fourth-order valence-corrected chi connectivity index (χ4v) is 2.85. The van der Waals surface area contributed by atoms with Crippen molar-refractivity contribution in [1.29, 1.82) is 0 Å². The van der Waals surface area contributed by atoms with Crippen LogP contribution in [0.15, 0.2) is 24.3 Å². The molecule has 3 nitrogen and oxygen atoms in total. The van der Waals surface area contributed by atoms with Gasteiger partial charge < -0.3 is 5.32 Å². The van der Waals surface area contributed by atoms with Crippen molar-refractivity contribution >= 4 is 11.7 Å². The molecule has 1 saturated carbocycles. The molecule has 126 valence electrons. The zero-order valence-corrected chi connectivity index (χ0v) is 12.5. The van der Waals surface area contributed by atoms with Crippen LogP contribution in [0.25, 0.3) is 0 Å². The van der Waals surface area contributed by atoms with Crippen LogP contribution in [-0.4, -0.2) is 17.9 Å². The van der Waals surface area contributed by atoms with E-state index in [9.17, 15) is 27.2 Å². The summed E-state index contributed by atoms with van der Waals surface area (Å²) in [5.74, 6) is -2.28. The maximum absolute atomic E-state index is 13.2. The van der Waals surface area contributed by atoms with Crippen molar-refractivity contribution in [3.05, 3.63) is 35.6 Å². The molecule has 1 fully saturated rings. The second-order valence-electron chi connectivity index (χ2n) is 5.90. The van der Waals surface area contributed by atoms with Gasteiger partial charge in [0.05, 0.1) is 0 Å². The van der Waals surface area contributed by atoms with Crippen molar-refractivity contribution in [2.45, 2.75) is 38.4 Å². The minimum Gasteiger partial charge on any atom is -0.341 e. The largest absolute Gasteiger partial charge is 0.412 e. The van der Waals surface area contributed by atoms with Gasteiger partial charge in [-0.15, -0.1) is 0 Å². The average Bonchev–Trinajstić information content (AvgIpc) is 2.44. The zero-order valence-electron chi connectivity index (χ0n) is 12.5. The third-order valence-electron chi connectivity index (χ3n) is 4.12. The van der Waals surface area contributed by atoms with Crippen LogP contribution >= 0.6 is 0 Å². The summed E-state index contributed by atoms with van der Waals surface area (Å²) in [6, 6.07) is 1.65. The number of carbonyl (C=O) groups excluding carboxylic acids is 2. The Labute approximate surface area is 131 Å². The van der Waals surface area contributed by atoms with Gasteiger partial charge in [-0.2, -0.15) is 13.2 Å². The molecule has 0 bridgehead atoms. The van der Waals surface area contributed by atoms with Gasteiger partial charge in [-0.1, -0.05) is 19.1 Å². The Hall–Kier alpha value is -1.92. The van der Waals surface area contributed by atoms with Gasteiger partial charge in [0.15, 0.2) is 6.04 Å². The Kier molecular flexibility index (Phi) is 5.06. The van der Waals surface area contributed by atoms with Crippen molar-refractivity contribution in [2.75, 3.05) is 0 Å². The lowest BCUT2D eigenvalue weighted by molar-refractivity contribution is -0.165. The van der Waals surface area contributed by atoms with E-state index in [-0.39, 0.29) is 36.5 Å². The molecule has 1 aliphatic rings. The molecule has 0 heterocycles. The summed E-state index contributed by atoms with van der Waals surface area (Å²) < 4.78 is 52.6. The van der Waals surface area contributed by atoms with Crippen LogP contribution in [-0.2, 0) is 9.59 Å². The Morgan fingerprint density at radius 2 is 1.87 bits per heavy atom. The number of benzene rings is 1. The molecule has 7 heteroatoms. The summed E-state index contributed by atoms with van der Waals surface area (Å²) in [5.41, 5.74) is -0.230. The van der Waals surface area contributed by atoms with Gasteiger partial charge in [-0.05, 0) is 30.0 Å². The number of carbonyl (C=O) groups is 2. The summed E-state index contributed by atoms with van der Waals surface area (Å²) in [7, 11) is 0. The summed E-state index contributed by atoms with van der Waals surface area (Å²) in [4.78, 5) is 23.5. The Morgan fingerprint density at radius 3 is 2.39 bits per heavy atom. The first kappa shape index (κ1) is 17.4. The highest BCUT2D eigenvalue weighted by molar-refractivity contribution is 5.85. The number of amides is 1. The molecular formula is C16H17F4NO2. The molecule has 0 aromatic heterocycles. The predicted octanol–water partition coefficient (Wildman–Crippen LogP) is 3.55. The molecule has 1 aromatic rings. The fourth-order valence-electron chi connectivity index (χ4n) is 2.85. The van der Waals surface area contributed by atoms with Gasteiger partial charge in [0.2, 0.25) is 5.91 Å². The van der Waals surface area contributed by atoms with Crippen molar-refractivity contribution in [1.82, 2.24) is 5.32 Å². The number of ketones is 1. The molecule has 23 heavy (non-hydrogen) atoms. The third kappa shape index (κ3) is 4.30. The molecule has 1 N–H and O–H groups in total. The van der Waals surface area contributed by atoms with Gasteiger partial charge in [-0.3, -0.25) is 9.59 Å². The van der Waals surface area contributed by atoms with Crippen LogP contribution in [0.4, 0.5) is 17.6 Å². The molecule has 0 saturated heterocycles. The lowest BCUT2D eigenvalue weighted by Gasteiger charge is -2.30. The summed E-state index contributed by atoms with van der Waals surface area (Å²) in [5, 5.41) is 2.01. The van der Waals surface area contributed by atoms with Crippen LogP contribution in [0, 0.1) is 17.7 Å². The van der Waals surface area contributed by atoms with Gasteiger partial charge in [0, 0.05) is 18.8 Å². The van der Waals surface area contributed by atoms with E-state index in [1.165, 1.54) is 0 Å². The molecule has 0 aliphatic heterocycles. The topological polar surface area (TPSA) is 46.2 Å². The summed E-state index contributed by atoms with van der Waals surface area (Å²) in [6.07, 6.45) is -4.04. The number of Topliss-reactive ketones (excluding diaryl/α,β-unsaturated/α-hetero) is 1. The molecule has 3 atom stereocenters. The fraction of sp³-hybridized carbons (Fsp3) is 0.500. The maximum atomic E-state index is 13.2. The van der Waals surface area contributed by atoms with Crippen LogP contribution in [0.3, 0.4) is 0 Å². The number of halogens is 4. The Bertz CT molecular complexity index is 583. The van der Waals surface area contributed by atoms with E-state index in [0.29, 0.717) is 0 Å². The summed E-state index contributed by atoms with van der Waals surface area (Å²) in [6.45, 7) is 1.68. The molecule has 1 amide bonds. The quantitative estimate of drug-likeness (QED) is 0.861. The third-order valence-corrected chi connectivity index (χ3v) is 4.12. The van der Waals surface area contributed by atoms with Crippen LogP contribution in [0.2, 0.25) is 0 Å². The number of hydrogen-bond donors (Lipinski definition) is 1. The second kappa shape index (κ2) is 6.68. The lowest BCUT2D eigenvalue weighted by Crippen LogP contribution is -2.44. The first-order valence-corrected chi connectivity index (χ1v) is 7.32. The molecule has 0 spiro atoms. The van der Waals surface area contributed by atoms with Gasteiger partial charge in [0.1, 0.15) is 11.6 Å². The van der Waals surface area contributed by atoms with Gasteiger partial charge in [-0.25, -0.2) is 4.39 Å². The van der Waals surface area contributed by atoms with Gasteiger partial charge >= 0.3 is 6.18 Å². The van der Waals surface area contributed by atoms with Crippen molar-refractivity contribution in [3.8, 4) is 0 Å². The Balaban J connectivity index is 2.16. The Morgan fingerprint density at radius 1 is 1.26 bits per heavy atom. The molecule has 0 radical (unpaired) electrons. The monoisotopic (exact) mass is 331 g/mol. The van der Waals surface area contributed by atoms with E-state index in [1.54, 1.807) is 6.92 Å². The van der Waals surface area contributed by atoms with E-state index >= 15 is 0 Å². The van der Waals surface area contributed by atoms with E-state index < -0.39 is 29.9 Å². The van der Waals surface area contributed by atoms with E-state index in [1.807, 2.05) is 5.32 Å². The van der Waals surface area contributed by atoms with Crippen LogP contribution in [0.1, 0.15) is 37.8 Å². The number of rotatable bonds is 3. The molecule has 1 aromatic carbocycles. The number of nitrogens with one attached hydrogen (secondary N) is 1. The first-order chi connectivity index (χ1) is 10.7. The van der Waals surface area contributed by atoms with E-state index in [0.717, 1.165) is 24.3 Å². The second-order valence-corrected chi connectivity index (χ2v) is 5.90. The normalized spacial score (nSPS) is 23.4. The smallest absolute Gasteiger partial charge is 0.341 e. The average molecular weight is 331 g/mol. The molecule has 1 aliphatic carbocycles. The van der Waals surface area contributed by atoms with Crippen LogP contribution in [0.5, 0.6) is 0 Å². The minimum atomic E-state index is -4.69. The lowest BCUT2D eigenvalue weighted by atomic mass is 9.79. The molecule has 2 rings (SSSR count). The zero-order chi connectivity index (χ0) is 17.2. The predicted molar refractivity (Wildman–Crippen MR) is 74.9 cm³/mol. The highest BCUT2D eigenvalue weighted by Crippen LogP contribution is 2.34. The SMILES string of the molecule is C[C@@H]1CC(=O)CC[C@H]1C(=O)N[C@@H](c1ccc(F)cc1)C(F)(F)F. The maximum Gasteiger partial charge on any atom is 0.412 e. The number of hydrogen-bond acceptors (Lipinski definition) is 2. The minimum absolute atomic E-state index is 0.0208. The van der Waals surface area contributed by atoms with E-state index in [4.69, 9.17) is 0 Å². The summed E-state index contributed by atoms with van der Waals surface area (Å²) >= 11 is 0. The van der Waals surface area contributed by atoms with Crippen LogP contribution < -0.4 is 5.32 Å². The first-order valence-electron chi connectivity index (χ1n) is 7.32. The van der Waals surface area contributed by atoms with Gasteiger partial charge in [0.25, 0.3) is 0 Å². The standard InChI is InChI=1S/C16H17F4NO2/c1-9-8-12(22)6-7-13(9)15(23)21-14(16(18,19)20)10-2-4-11(17)5-3-10/h2-5,9,13-14H,6-8H2,1H3,(H,21,23)/t9-,13-,14+/m1/s1.